The van der Waals surface area contributed by atoms with E-state index in [0.717, 1.165) is 56.0 Å². The lowest BCUT2D eigenvalue weighted by molar-refractivity contribution is 0.477. The number of fused-ring (bicyclic) bond motifs is 1. The minimum absolute atomic E-state index is 0.780. The highest BCUT2D eigenvalue weighted by Crippen LogP contribution is 2.37. The van der Waals surface area contributed by atoms with E-state index in [9.17, 15) is 0 Å². The molecule has 0 spiro atoms. The molecule has 3 rings (SSSR count). The van der Waals surface area contributed by atoms with Crippen molar-refractivity contribution < 1.29 is 4.74 Å². The third-order valence-electron chi connectivity index (χ3n) is 3.78. The Hall–Kier alpha value is -0.980. The van der Waals surface area contributed by atoms with Gasteiger partial charge in [0.1, 0.15) is 11.6 Å². The molecular weight excluding hydrogens is 452 g/mol. The summed E-state index contributed by atoms with van der Waals surface area (Å²) in [5.41, 5.74) is 2.14. The number of aryl methyl sites for hydroxylation is 2. The first-order chi connectivity index (χ1) is 11.6. The number of hydrogen-bond donors (Lipinski definition) is 0. The molecule has 0 bridgehead atoms. The summed E-state index contributed by atoms with van der Waals surface area (Å²) < 4.78 is 10.2. The Labute approximate surface area is 163 Å². The molecule has 24 heavy (non-hydrogen) atoms. The molecular formula is C18H18Br2N2OS. The topological polar surface area (TPSA) is 27.1 Å². The smallest absolute Gasteiger partial charge is 0.155 e. The van der Waals surface area contributed by atoms with Gasteiger partial charge in [0.2, 0.25) is 0 Å². The second kappa shape index (κ2) is 7.93. The van der Waals surface area contributed by atoms with Crippen LogP contribution in [0.25, 0.3) is 11.0 Å². The van der Waals surface area contributed by atoms with Crippen LogP contribution in [0.1, 0.15) is 12.7 Å². The maximum absolute atomic E-state index is 6.10. The van der Waals surface area contributed by atoms with Crippen molar-refractivity contribution in [2.45, 2.75) is 19.9 Å². The van der Waals surface area contributed by atoms with Gasteiger partial charge in [0, 0.05) is 24.8 Å². The Morgan fingerprint density at radius 3 is 2.58 bits per heavy atom. The quantitative estimate of drug-likeness (QED) is 0.425. The van der Waals surface area contributed by atoms with Gasteiger partial charge in [0.05, 0.1) is 20.0 Å². The predicted octanol–water partition coefficient (Wildman–Crippen LogP) is 6.28. The molecule has 2 aromatic carbocycles. The van der Waals surface area contributed by atoms with Gasteiger partial charge in [-0.3, -0.25) is 0 Å². The highest BCUT2D eigenvalue weighted by Gasteiger charge is 2.12. The molecule has 3 aromatic rings. The monoisotopic (exact) mass is 468 g/mol. The Morgan fingerprint density at radius 1 is 1.17 bits per heavy atom. The maximum Gasteiger partial charge on any atom is 0.155 e. The normalized spacial score (nSPS) is 11.2. The SMILES string of the molecule is CCn1c(CCSC)nc2ccc(Oc3c(Br)cccc3Br)cc21. The number of para-hydroxylation sites is 1. The summed E-state index contributed by atoms with van der Waals surface area (Å²) in [6, 6.07) is 12.0. The van der Waals surface area contributed by atoms with Crippen LogP contribution in [0.2, 0.25) is 0 Å². The molecule has 0 N–H and O–H groups in total. The first kappa shape index (κ1) is 17.8. The second-order valence-corrected chi connectivity index (χ2v) is 8.01. The lowest BCUT2D eigenvalue weighted by Crippen LogP contribution is -2.03. The minimum atomic E-state index is 0.780. The van der Waals surface area contributed by atoms with Gasteiger partial charge in [-0.15, -0.1) is 0 Å². The highest BCUT2D eigenvalue weighted by atomic mass is 79.9. The minimum Gasteiger partial charge on any atom is -0.455 e. The van der Waals surface area contributed by atoms with E-state index in [1.54, 1.807) is 0 Å². The zero-order chi connectivity index (χ0) is 17.1. The molecule has 3 nitrogen and oxygen atoms in total. The van der Waals surface area contributed by atoms with Gasteiger partial charge in [0.25, 0.3) is 0 Å². The molecule has 0 fully saturated rings. The molecule has 0 unspecified atom stereocenters. The van der Waals surface area contributed by atoms with E-state index < -0.39 is 0 Å². The predicted molar refractivity (Wildman–Crippen MR) is 109 cm³/mol. The maximum atomic E-state index is 6.10. The third kappa shape index (κ3) is 3.65. The largest absolute Gasteiger partial charge is 0.455 e. The molecule has 0 amide bonds. The third-order valence-corrected chi connectivity index (χ3v) is 5.64. The number of hydrogen-bond acceptors (Lipinski definition) is 3. The fourth-order valence-corrected chi connectivity index (χ4v) is 4.20. The first-order valence-electron chi connectivity index (χ1n) is 7.74. The average Bonchev–Trinajstić information content (AvgIpc) is 2.93. The van der Waals surface area contributed by atoms with E-state index in [-0.39, 0.29) is 0 Å². The van der Waals surface area contributed by atoms with Crippen LogP contribution >= 0.6 is 43.6 Å². The fourth-order valence-electron chi connectivity index (χ4n) is 2.65. The van der Waals surface area contributed by atoms with Crippen molar-refractivity contribution in [3.05, 3.63) is 51.2 Å². The molecule has 0 saturated heterocycles. The van der Waals surface area contributed by atoms with Crippen molar-refractivity contribution >= 4 is 54.7 Å². The van der Waals surface area contributed by atoms with Crippen LogP contribution in [-0.2, 0) is 13.0 Å². The molecule has 0 aliphatic carbocycles. The van der Waals surface area contributed by atoms with Gasteiger partial charge in [-0.1, -0.05) is 6.07 Å². The zero-order valence-electron chi connectivity index (χ0n) is 13.6. The summed E-state index contributed by atoms with van der Waals surface area (Å²) in [5.74, 6) is 3.81. The molecule has 1 heterocycles. The van der Waals surface area contributed by atoms with E-state index in [1.807, 2.05) is 42.1 Å². The Kier molecular flexibility index (Phi) is 5.89. The van der Waals surface area contributed by atoms with E-state index in [1.165, 1.54) is 0 Å². The van der Waals surface area contributed by atoms with Crippen LogP contribution in [0.15, 0.2) is 45.3 Å². The zero-order valence-corrected chi connectivity index (χ0v) is 17.5. The van der Waals surface area contributed by atoms with Gasteiger partial charge >= 0.3 is 0 Å². The van der Waals surface area contributed by atoms with Crippen LogP contribution in [0.5, 0.6) is 11.5 Å². The van der Waals surface area contributed by atoms with E-state index in [4.69, 9.17) is 9.72 Å². The summed E-state index contributed by atoms with van der Waals surface area (Å²) in [4.78, 5) is 4.78. The molecule has 1 aromatic heterocycles. The molecule has 0 radical (unpaired) electrons. The summed E-state index contributed by atoms with van der Waals surface area (Å²) in [7, 11) is 0. The van der Waals surface area contributed by atoms with Crippen LogP contribution in [0.3, 0.4) is 0 Å². The number of benzene rings is 2. The van der Waals surface area contributed by atoms with E-state index in [0.29, 0.717) is 0 Å². The molecule has 126 valence electrons. The Morgan fingerprint density at radius 2 is 1.92 bits per heavy atom. The van der Waals surface area contributed by atoms with E-state index >= 15 is 0 Å². The lowest BCUT2D eigenvalue weighted by Gasteiger charge is -2.10. The van der Waals surface area contributed by atoms with Crippen LogP contribution in [-0.4, -0.2) is 21.6 Å². The molecule has 0 aliphatic heterocycles. The molecule has 0 aliphatic rings. The first-order valence-corrected chi connectivity index (χ1v) is 10.7. The molecule has 6 heteroatoms. The average molecular weight is 470 g/mol. The number of imidazole rings is 1. The number of thioether (sulfide) groups is 1. The number of aromatic nitrogens is 2. The van der Waals surface area contributed by atoms with Crippen LogP contribution < -0.4 is 4.74 Å². The van der Waals surface area contributed by atoms with Crippen LogP contribution in [0.4, 0.5) is 0 Å². The fraction of sp³-hybridized carbons (Fsp3) is 0.278. The van der Waals surface area contributed by atoms with Crippen molar-refractivity contribution in [3.63, 3.8) is 0 Å². The van der Waals surface area contributed by atoms with Gasteiger partial charge in [-0.05, 0) is 69.3 Å². The van der Waals surface area contributed by atoms with Crippen molar-refractivity contribution in [1.29, 1.82) is 0 Å². The molecule has 0 saturated carbocycles. The Bertz CT molecular complexity index is 843. The number of nitrogens with zero attached hydrogens (tertiary/aromatic N) is 2. The lowest BCUT2D eigenvalue weighted by atomic mass is 10.3. The second-order valence-electron chi connectivity index (χ2n) is 5.32. The Balaban J connectivity index is 1.98. The van der Waals surface area contributed by atoms with Crippen molar-refractivity contribution in [2.24, 2.45) is 0 Å². The summed E-state index contributed by atoms with van der Waals surface area (Å²) in [6.07, 6.45) is 3.11. The number of halogens is 2. The van der Waals surface area contributed by atoms with Crippen molar-refractivity contribution in [1.82, 2.24) is 9.55 Å². The summed E-state index contributed by atoms with van der Waals surface area (Å²) >= 11 is 8.93. The van der Waals surface area contributed by atoms with Crippen LogP contribution in [0, 0.1) is 0 Å². The van der Waals surface area contributed by atoms with Gasteiger partial charge < -0.3 is 9.30 Å². The highest BCUT2D eigenvalue weighted by molar-refractivity contribution is 9.11. The number of rotatable bonds is 6. The van der Waals surface area contributed by atoms with Gasteiger partial charge in [0.15, 0.2) is 5.75 Å². The summed E-state index contributed by atoms with van der Waals surface area (Å²) in [5, 5.41) is 0. The van der Waals surface area contributed by atoms with Crippen molar-refractivity contribution in [3.8, 4) is 11.5 Å². The number of ether oxygens (including phenoxy) is 1. The van der Waals surface area contributed by atoms with E-state index in [2.05, 4.69) is 55.7 Å². The van der Waals surface area contributed by atoms with Crippen molar-refractivity contribution in [2.75, 3.05) is 12.0 Å². The standard InChI is InChI=1S/C18H18Br2N2OS/c1-3-22-16-11-12(23-18-13(19)5-4-6-14(18)20)7-8-15(16)21-17(22)9-10-24-2/h4-8,11H,3,9-10H2,1-2H3. The summed E-state index contributed by atoms with van der Waals surface area (Å²) in [6.45, 7) is 3.06. The van der Waals surface area contributed by atoms with Gasteiger partial charge in [-0.25, -0.2) is 4.98 Å². The van der Waals surface area contributed by atoms with Gasteiger partial charge in [-0.2, -0.15) is 11.8 Å². The molecule has 0 atom stereocenters.